The maximum absolute atomic E-state index is 13.1. The van der Waals surface area contributed by atoms with Crippen molar-refractivity contribution < 1.29 is 14.3 Å². The molecule has 3 fully saturated rings. The molecule has 2 aliphatic carbocycles. The number of hydrogen-bond donors (Lipinski definition) is 2. The standard InChI is InChI=1S/C26H39N5O3/c1-29(21-11-9-20(10-12-21)25(32)34-23-5-3-2-4-6-23)26(33)31-17-15-30(16-18-31)22-13-7-19(8-14-22)24(27)28/h7-8,13-14,20-21,23H,2-6,9-12,15-18H2,1H3,(H3,27,28). The lowest BCUT2D eigenvalue weighted by atomic mass is 9.85. The van der Waals surface area contributed by atoms with Gasteiger partial charge in [0.15, 0.2) is 0 Å². The minimum absolute atomic E-state index is 0.0142. The third kappa shape index (κ3) is 5.83. The Labute approximate surface area is 202 Å². The number of esters is 1. The summed E-state index contributed by atoms with van der Waals surface area (Å²) in [5.74, 6) is 0.0338. The fourth-order valence-corrected chi connectivity index (χ4v) is 5.53. The van der Waals surface area contributed by atoms with Gasteiger partial charge >= 0.3 is 12.0 Å². The Morgan fingerprint density at radius 1 is 0.941 bits per heavy atom. The fourth-order valence-electron chi connectivity index (χ4n) is 5.53. The highest BCUT2D eigenvalue weighted by molar-refractivity contribution is 5.95. The van der Waals surface area contributed by atoms with Crippen LogP contribution in [0.25, 0.3) is 0 Å². The van der Waals surface area contributed by atoms with Crippen LogP contribution in [0.1, 0.15) is 63.4 Å². The van der Waals surface area contributed by atoms with Crippen molar-refractivity contribution in [2.75, 3.05) is 38.1 Å². The molecule has 1 heterocycles. The summed E-state index contributed by atoms with van der Waals surface area (Å²) in [6.07, 6.45) is 9.04. The molecule has 1 saturated heterocycles. The van der Waals surface area contributed by atoms with Gasteiger partial charge in [0.1, 0.15) is 11.9 Å². The Balaban J connectivity index is 1.21. The molecule has 34 heavy (non-hydrogen) atoms. The number of amidine groups is 1. The molecule has 1 aromatic carbocycles. The molecule has 0 radical (unpaired) electrons. The van der Waals surface area contributed by atoms with Gasteiger partial charge in [-0.15, -0.1) is 0 Å². The topological polar surface area (TPSA) is 103 Å². The van der Waals surface area contributed by atoms with Crippen LogP contribution in [-0.4, -0.2) is 73.0 Å². The number of nitrogen functional groups attached to an aromatic ring is 1. The second-order valence-corrected chi connectivity index (χ2v) is 10.0. The molecule has 0 atom stereocenters. The van der Waals surface area contributed by atoms with Crippen molar-refractivity contribution in [3.05, 3.63) is 29.8 Å². The number of rotatable bonds is 5. The Kier molecular flexibility index (Phi) is 7.95. The number of nitrogens with zero attached hydrogens (tertiary/aromatic N) is 3. The van der Waals surface area contributed by atoms with E-state index in [0.29, 0.717) is 13.1 Å². The molecule has 8 nitrogen and oxygen atoms in total. The van der Waals surface area contributed by atoms with Crippen molar-refractivity contribution in [1.82, 2.24) is 9.80 Å². The second kappa shape index (κ2) is 11.1. The maximum Gasteiger partial charge on any atom is 0.320 e. The number of carbonyl (C=O) groups excluding carboxylic acids is 2. The maximum atomic E-state index is 13.1. The average molecular weight is 470 g/mol. The number of ether oxygens (including phenoxy) is 1. The predicted octanol–water partition coefficient (Wildman–Crippen LogP) is 3.58. The first-order chi connectivity index (χ1) is 16.4. The van der Waals surface area contributed by atoms with Crippen molar-refractivity contribution in [3.8, 4) is 0 Å². The van der Waals surface area contributed by atoms with Crippen LogP contribution in [0.3, 0.4) is 0 Å². The summed E-state index contributed by atoms with van der Waals surface area (Å²) in [4.78, 5) is 31.8. The van der Waals surface area contributed by atoms with Crippen molar-refractivity contribution in [2.24, 2.45) is 11.7 Å². The lowest BCUT2D eigenvalue weighted by molar-refractivity contribution is -0.157. The van der Waals surface area contributed by atoms with E-state index < -0.39 is 0 Å². The minimum atomic E-state index is -0.0215. The van der Waals surface area contributed by atoms with Crippen LogP contribution in [0.15, 0.2) is 24.3 Å². The Morgan fingerprint density at radius 2 is 1.56 bits per heavy atom. The van der Waals surface area contributed by atoms with E-state index in [1.54, 1.807) is 0 Å². The zero-order valence-corrected chi connectivity index (χ0v) is 20.4. The molecule has 3 aliphatic rings. The SMILES string of the molecule is CN(C(=O)N1CCN(c2ccc(C(=N)N)cc2)CC1)C1CCC(C(=O)OC2CCCCC2)CC1. The van der Waals surface area contributed by atoms with Crippen LogP contribution in [0.2, 0.25) is 0 Å². The Morgan fingerprint density at radius 3 is 2.15 bits per heavy atom. The summed E-state index contributed by atoms with van der Waals surface area (Å²) in [5.41, 5.74) is 7.35. The van der Waals surface area contributed by atoms with E-state index in [2.05, 4.69) is 4.90 Å². The number of hydrogen-bond acceptors (Lipinski definition) is 5. The lowest BCUT2D eigenvalue weighted by Gasteiger charge is -2.41. The third-order valence-electron chi connectivity index (χ3n) is 7.81. The first kappa shape index (κ1) is 24.4. The fraction of sp³-hybridized carbons (Fsp3) is 0.654. The predicted molar refractivity (Wildman–Crippen MR) is 133 cm³/mol. The molecular formula is C26H39N5O3. The van der Waals surface area contributed by atoms with Gasteiger partial charge < -0.3 is 25.2 Å². The first-order valence-corrected chi connectivity index (χ1v) is 12.8. The van der Waals surface area contributed by atoms with Crippen LogP contribution < -0.4 is 10.6 Å². The largest absolute Gasteiger partial charge is 0.462 e. The van der Waals surface area contributed by atoms with E-state index in [4.69, 9.17) is 15.9 Å². The highest BCUT2D eigenvalue weighted by Crippen LogP contribution is 2.30. The number of urea groups is 1. The van der Waals surface area contributed by atoms with Gasteiger partial charge in [0, 0.05) is 50.5 Å². The zero-order chi connectivity index (χ0) is 24.1. The lowest BCUT2D eigenvalue weighted by Crippen LogP contribution is -2.54. The van der Waals surface area contributed by atoms with Crippen molar-refractivity contribution in [1.29, 1.82) is 5.41 Å². The summed E-state index contributed by atoms with van der Waals surface area (Å²) in [6.45, 7) is 2.92. The minimum Gasteiger partial charge on any atom is -0.462 e. The number of benzene rings is 1. The summed E-state index contributed by atoms with van der Waals surface area (Å²) in [6, 6.07) is 7.97. The molecule has 2 amide bonds. The molecule has 0 unspecified atom stereocenters. The molecule has 3 N–H and O–H groups in total. The molecule has 4 rings (SSSR count). The van der Waals surface area contributed by atoms with Crippen LogP contribution in [0.4, 0.5) is 10.5 Å². The third-order valence-corrected chi connectivity index (χ3v) is 7.81. The Bertz CT molecular complexity index is 852. The van der Waals surface area contributed by atoms with Crippen molar-refractivity contribution >= 4 is 23.5 Å². The van der Waals surface area contributed by atoms with Gasteiger partial charge in [0.05, 0.1) is 5.92 Å². The summed E-state index contributed by atoms with van der Waals surface area (Å²) in [7, 11) is 1.90. The molecule has 186 valence electrons. The van der Waals surface area contributed by atoms with E-state index in [0.717, 1.165) is 75.7 Å². The van der Waals surface area contributed by atoms with Crippen molar-refractivity contribution in [2.45, 2.75) is 69.9 Å². The Hall–Kier alpha value is -2.77. The van der Waals surface area contributed by atoms with Gasteiger partial charge in [-0.3, -0.25) is 10.2 Å². The van der Waals surface area contributed by atoms with Gasteiger partial charge in [-0.25, -0.2) is 4.79 Å². The van der Waals surface area contributed by atoms with Gasteiger partial charge in [-0.1, -0.05) is 6.42 Å². The number of amides is 2. The van der Waals surface area contributed by atoms with Gasteiger partial charge in [-0.2, -0.15) is 0 Å². The summed E-state index contributed by atoms with van der Waals surface area (Å²) >= 11 is 0. The number of nitrogens with two attached hydrogens (primary N) is 1. The summed E-state index contributed by atoms with van der Waals surface area (Å²) < 4.78 is 5.78. The number of piperazine rings is 1. The van der Waals surface area contributed by atoms with E-state index in [1.807, 2.05) is 41.1 Å². The van der Waals surface area contributed by atoms with E-state index >= 15 is 0 Å². The van der Waals surface area contributed by atoms with Gasteiger partial charge in [-0.05, 0) is 75.6 Å². The number of carbonyl (C=O) groups is 2. The van der Waals surface area contributed by atoms with Crippen molar-refractivity contribution in [3.63, 3.8) is 0 Å². The molecule has 1 aromatic rings. The average Bonchev–Trinajstić information content (AvgIpc) is 2.88. The van der Waals surface area contributed by atoms with E-state index in [9.17, 15) is 9.59 Å². The first-order valence-electron chi connectivity index (χ1n) is 12.8. The highest BCUT2D eigenvalue weighted by atomic mass is 16.5. The van der Waals surface area contributed by atoms with E-state index in [-0.39, 0.29) is 35.9 Å². The molecule has 0 bridgehead atoms. The summed E-state index contributed by atoms with van der Waals surface area (Å²) in [5, 5.41) is 7.53. The van der Waals surface area contributed by atoms with E-state index in [1.165, 1.54) is 6.42 Å². The molecule has 2 saturated carbocycles. The van der Waals surface area contributed by atoms with Crippen LogP contribution in [0, 0.1) is 11.3 Å². The van der Waals surface area contributed by atoms with Gasteiger partial charge in [0.2, 0.25) is 0 Å². The zero-order valence-electron chi connectivity index (χ0n) is 20.4. The van der Waals surface area contributed by atoms with Gasteiger partial charge in [0.25, 0.3) is 0 Å². The second-order valence-electron chi connectivity index (χ2n) is 10.0. The van der Waals surface area contributed by atoms with Crippen LogP contribution in [0.5, 0.6) is 0 Å². The molecule has 8 heteroatoms. The molecule has 1 aliphatic heterocycles. The molecule has 0 aromatic heterocycles. The number of anilines is 1. The molecular weight excluding hydrogens is 430 g/mol. The quantitative estimate of drug-likeness (QED) is 0.390. The monoisotopic (exact) mass is 469 g/mol. The highest BCUT2D eigenvalue weighted by Gasteiger charge is 2.34. The van der Waals surface area contributed by atoms with Crippen LogP contribution >= 0.6 is 0 Å². The molecule has 0 spiro atoms. The normalized spacial score (nSPS) is 23.9. The number of nitrogens with one attached hydrogen (secondary N) is 1. The smallest absolute Gasteiger partial charge is 0.320 e. The van der Waals surface area contributed by atoms with Crippen LogP contribution in [-0.2, 0) is 9.53 Å².